The lowest BCUT2D eigenvalue weighted by Gasteiger charge is -2.12. The van der Waals surface area contributed by atoms with E-state index in [9.17, 15) is 9.90 Å². The first-order valence-electron chi connectivity index (χ1n) is 7.61. The van der Waals surface area contributed by atoms with Crippen LogP contribution in [0.1, 0.15) is 37.1 Å². The Labute approximate surface area is 129 Å². The lowest BCUT2D eigenvalue weighted by molar-refractivity contribution is -0.119. The fourth-order valence-corrected chi connectivity index (χ4v) is 2.69. The number of aliphatic hydroxyl groups excluding tert-OH is 1. The van der Waals surface area contributed by atoms with Crippen molar-refractivity contribution in [2.75, 3.05) is 5.32 Å². The molecule has 1 aliphatic heterocycles. The summed E-state index contributed by atoms with van der Waals surface area (Å²) < 4.78 is 1.64. The van der Waals surface area contributed by atoms with E-state index >= 15 is 0 Å². The Morgan fingerprint density at radius 1 is 1.45 bits per heavy atom. The van der Waals surface area contributed by atoms with Crippen LogP contribution in [0, 0.1) is 0 Å². The van der Waals surface area contributed by atoms with E-state index < -0.39 is 0 Å². The Balaban J connectivity index is 1.74. The highest BCUT2D eigenvalue weighted by Crippen LogP contribution is 2.26. The van der Waals surface area contributed by atoms with Crippen molar-refractivity contribution in [1.29, 1.82) is 0 Å². The molecule has 6 nitrogen and oxygen atoms in total. The summed E-state index contributed by atoms with van der Waals surface area (Å²) >= 11 is 0. The molecule has 116 valence electrons. The van der Waals surface area contributed by atoms with E-state index in [1.165, 1.54) is 0 Å². The number of nitrogens with zero attached hydrogens (tertiary/aromatic N) is 3. The number of carbonyl (C=O) groups is 1. The van der Waals surface area contributed by atoms with E-state index in [1.54, 1.807) is 11.6 Å². The number of fused-ring (bicyclic) bond motifs is 1. The lowest BCUT2D eigenvalue weighted by Crippen LogP contribution is -2.25. The fraction of sp³-hybridized carbons (Fsp3) is 0.438. The number of nitrogens with one attached hydrogen (secondary N) is 1. The summed E-state index contributed by atoms with van der Waals surface area (Å²) in [6.07, 6.45) is 4.26. The zero-order valence-electron chi connectivity index (χ0n) is 12.6. The van der Waals surface area contributed by atoms with Crippen LogP contribution in [0.3, 0.4) is 0 Å². The first kappa shape index (κ1) is 14.7. The molecule has 3 rings (SSSR count). The molecule has 0 bridgehead atoms. The number of aryl methyl sites for hydroxylation is 2. The highest BCUT2D eigenvalue weighted by molar-refractivity contribution is 5.95. The van der Waals surface area contributed by atoms with Crippen molar-refractivity contribution in [2.24, 2.45) is 0 Å². The number of rotatable bonds is 4. The average Bonchev–Trinajstić information content (AvgIpc) is 2.89. The van der Waals surface area contributed by atoms with Crippen LogP contribution < -0.4 is 5.32 Å². The molecule has 0 saturated heterocycles. The Morgan fingerprint density at radius 3 is 3.09 bits per heavy atom. The van der Waals surface area contributed by atoms with Gasteiger partial charge in [0.2, 0.25) is 5.91 Å². The molecule has 1 aliphatic rings. The van der Waals surface area contributed by atoms with Gasteiger partial charge in [-0.2, -0.15) is 0 Å². The number of amides is 1. The number of benzene rings is 1. The van der Waals surface area contributed by atoms with Crippen molar-refractivity contribution in [2.45, 2.75) is 44.8 Å². The maximum absolute atomic E-state index is 12.4. The standard InChI is InChI=1S/C16H20N4O2/c1-11(21)6-8-13-10-20(19-18-13)15-9-7-12-4-2-3-5-14(12)17-16(15)22/h2-5,10-11,15,21H,6-9H2,1H3,(H,17,22). The molecule has 2 aromatic rings. The maximum Gasteiger partial charge on any atom is 0.249 e. The van der Waals surface area contributed by atoms with Crippen LogP contribution in [0.15, 0.2) is 30.5 Å². The van der Waals surface area contributed by atoms with Crippen LogP contribution in [-0.2, 0) is 17.6 Å². The van der Waals surface area contributed by atoms with Crippen LogP contribution in [-0.4, -0.2) is 32.1 Å². The molecule has 2 unspecified atom stereocenters. The van der Waals surface area contributed by atoms with Gasteiger partial charge in [-0.15, -0.1) is 5.10 Å². The van der Waals surface area contributed by atoms with Crippen LogP contribution in [0.25, 0.3) is 0 Å². The Morgan fingerprint density at radius 2 is 2.27 bits per heavy atom. The molecule has 0 saturated carbocycles. The molecule has 0 radical (unpaired) electrons. The van der Waals surface area contributed by atoms with Crippen LogP contribution in [0.4, 0.5) is 5.69 Å². The Bertz CT molecular complexity index is 666. The highest BCUT2D eigenvalue weighted by Gasteiger charge is 2.26. The van der Waals surface area contributed by atoms with Crippen molar-refractivity contribution < 1.29 is 9.90 Å². The molecule has 1 aromatic carbocycles. The van der Waals surface area contributed by atoms with Gasteiger partial charge in [0.1, 0.15) is 6.04 Å². The van der Waals surface area contributed by atoms with E-state index in [2.05, 4.69) is 15.6 Å². The van der Waals surface area contributed by atoms with Gasteiger partial charge in [0.15, 0.2) is 0 Å². The second kappa shape index (κ2) is 6.27. The number of carbonyl (C=O) groups excluding carboxylic acids is 1. The van der Waals surface area contributed by atoms with E-state index in [-0.39, 0.29) is 18.1 Å². The summed E-state index contributed by atoms with van der Waals surface area (Å²) in [4.78, 5) is 12.4. The minimum Gasteiger partial charge on any atom is -0.393 e. The molecular formula is C16H20N4O2. The van der Waals surface area contributed by atoms with Gasteiger partial charge in [0, 0.05) is 11.9 Å². The molecule has 0 fully saturated rings. The molecule has 1 amide bonds. The molecule has 2 atom stereocenters. The highest BCUT2D eigenvalue weighted by atomic mass is 16.3. The summed E-state index contributed by atoms with van der Waals surface area (Å²) in [6, 6.07) is 7.51. The van der Waals surface area contributed by atoms with Gasteiger partial charge in [-0.25, -0.2) is 4.68 Å². The van der Waals surface area contributed by atoms with Crippen LogP contribution >= 0.6 is 0 Å². The predicted molar refractivity (Wildman–Crippen MR) is 82.5 cm³/mol. The van der Waals surface area contributed by atoms with Crippen molar-refractivity contribution >= 4 is 11.6 Å². The van der Waals surface area contributed by atoms with Crippen molar-refractivity contribution in [3.63, 3.8) is 0 Å². The molecule has 1 aromatic heterocycles. The lowest BCUT2D eigenvalue weighted by atomic mass is 10.1. The summed E-state index contributed by atoms with van der Waals surface area (Å²) in [6.45, 7) is 1.75. The van der Waals surface area contributed by atoms with Gasteiger partial charge in [0.05, 0.1) is 11.8 Å². The molecule has 22 heavy (non-hydrogen) atoms. The average molecular weight is 300 g/mol. The number of para-hydroxylation sites is 1. The number of hydrogen-bond donors (Lipinski definition) is 2. The predicted octanol–water partition coefficient (Wildman–Crippen LogP) is 1.72. The van der Waals surface area contributed by atoms with Crippen molar-refractivity contribution in [3.05, 3.63) is 41.7 Å². The third kappa shape index (κ3) is 3.17. The van der Waals surface area contributed by atoms with Crippen molar-refractivity contribution in [1.82, 2.24) is 15.0 Å². The van der Waals surface area contributed by atoms with Crippen LogP contribution in [0.2, 0.25) is 0 Å². The zero-order valence-corrected chi connectivity index (χ0v) is 12.6. The first-order chi connectivity index (χ1) is 10.6. The largest absolute Gasteiger partial charge is 0.393 e. The summed E-state index contributed by atoms with van der Waals surface area (Å²) in [7, 11) is 0. The molecule has 2 N–H and O–H groups in total. The molecule has 0 aliphatic carbocycles. The van der Waals surface area contributed by atoms with Crippen molar-refractivity contribution in [3.8, 4) is 0 Å². The third-order valence-electron chi connectivity index (χ3n) is 3.96. The number of hydrogen-bond acceptors (Lipinski definition) is 4. The smallest absolute Gasteiger partial charge is 0.249 e. The fourth-order valence-electron chi connectivity index (χ4n) is 2.69. The second-order valence-electron chi connectivity index (χ2n) is 5.78. The number of aromatic nitrogens is 3. The van der Waals surface area contributed by atoms with Gasteiger partial charge in [-0.1, -0.05) is 23.4 Å². The monoisotopic (exact) mass is 300 g/mol. The summed E-state index contributed by atoms with van der Waals surface area (Å²) in [5, 5.41) is 20.5. The number of anilines is 1. The van der Waals surface area contributed by atoms with Crippen LogP contribution in [0.5, 0.6) is 0 Å². The number of aliphatic hydroxyl groups is 1. The zero-order chi connectivity index (χ0) is 15.5. The van der Waals surface area contributed by atoms with E-state index in [4.69, 9.17) is 0 Å². The maximum atomic E-state index is 12.4. The second-order valence-corrected chi connectivity index (χ2v) is 5.78. The quantitative estimate of drug-likeness (QED) is 0.901. The van der Waals surface area contributed by atoms with E-state index in [0.29, 0.717) is 19.3 Å². The first-order valence-corrected chi connectivity index (χ1v) is 7.61. The van der Waals surface area contributed by atoms with Gasteiger partial charge in [-0.3, -0.25) is 4.79 Å². The molecular weight excluding hydrogens is 280 g/mol. The Hall–Kier alpha value is -2.21. The minimum atomic E-state index is -0.360. The SMILES string of the molecule is CC(O)CCc1cn(C2CCc3ccccc3NC2=O)nn1. The minimum absolute atomic E-state index is 0.0584. The molecule has 6 heteroatoms. The summed E-state index contributed by atoms with van der Waals surface area (Å²) in [5.41, 5.74) is 2.83. The van der Waals surface area contributed by atoms with Gasteiger partial charge < -0.3 is 10.4 Å². The molecule has 0 spiro atoms. The van der Waals surface area contributed by atoms with E-state index in [0.717, 1.165) is 23.4 Å². The topological polar surface area (TPSA) is 80.0 Å². The summed E-state index contributed by atoms with van der Waals surface area (Å²) in [5.74, 6) is -0.0584. The van der Waals surface area contributed by atoms with Gasteiger partial charge in [0.25, 0.3) is 0 Å². The Kier molecular flexibility index (Phi) is 4.20. The molecule has 2 heterocycles. The van der Waals surface area contributed by atoms with E-state index in [1.807, 2.05) is 30.5 Å². The normalized spacial score (nSPS) is 19.2. The van der Waals surface area contributed by atoms with Gasteiger partial charge >= 0.3 is 0 Å². The van der Waals surface area contributed by atoms with Gasteiger partial charge in [-0.05, 0) is 44.2 Å². The third-order valence-corrected chi connectivity index (χ3v) is 3.96.